The van der Waals surface area contributed by atoms with Gasteiger partial charge in [-0.2, -0.15) is 0 Å². The molecule has 1 aromatic carbocycles. The Bertz CT molecular complexity index is 870. The van der Waals surface area contributed by atoms with Crippen LogP contribution in [-0.2, 0) is 6.54 Å². The number of carbonyl (C=O) groups excluding carboxylic acids is 1. The van der Waals surface area contributed by atoms with E-state index in [0.717, 1.165) is 11.3 Å². The van der Waals surface area contributed by atoms with E-state index in [1.54, 1.807) is 37.3 Å². The Morgan fingerprint density at radius 2 is 1.93 bits per heavy atom. The molecule has 0 aliphatic carbocycles. The minimum Gasteiger partial charge on any atom is -0.497 e. The lowest BCUT2D eigenvalue weighted by Gasteiger charge is -2.21. The van der Waals surface area contributed by atoms with Crippen molar-refractivity contribution in [2.75, 3.05) is 20.8 Å². The third-order valence-electron chi connectivity index (χ3n) is 3.90. The summed E-state index contributed by atoms with van der Waals surface area (Å²) in [5.41, 5.74) is 0.484. The molecule has 3 rings (SSSR count). The molecule has 0 unspecified atom stereocenters. The second kappa shape index (κ2) is 8.68. The van der Waals surface area contributed by atoms with E-state index >= 15 is 0 Å². The zero-order valence-corrected chi connectivity index (χ0v) is 16.3. The second-order valence-corrected chi connectivity index (χ2v) is 6.75. The van der Waals surface area contributed by atoms with E-state index in [1.165, 1.54) is 11.3 Å². The summed E-state index contributed by atoms with van der Waals surface area (Å²) in [7, 11) is 3.11. The van der Waals surface area contributed by atoms with Gasteiger partial charge in [0.25, 0.3) is 11.8 Å². The summed E-state index contributed by atoms with van der Waals surface area (Å²) in [4.78, 5) is 15.6. The molecule has 0 fully saturated rings. The fourth-order valence-corrected chi connectivity index (χ4v) is 3.26. The smallest absolute Gasteiger partial charge is 0.257 e. The number of ether oxygens (including phenoxy) is 2. The van der Waals surface area contributed by atoms with E-state index < -0.39 is 0 Å². The number of methoxy groups -OCH3 is 2. The molecule has 0 bridgehead atoms. The normalized spacial score (nSPS) is 10.6. The van der Waals surface area contributed by atoms with Gasteiger partial charge in [-0.25, -0.2) is 0 Å². The Kier molecular flexibility index (Phi) is 6.08. The molecular formula is C19H21N3O4S. The molecule has 3 aromatic rings. The molecular weight excluding hydrogens is 366 g/mol. The third-order valence-corrected chi connectivity index (χ3v) is 4.76. The number of benzene rings is 1. The minimum absolute atomic E-state index is 0.148. The summed E-state index contributed by atoms with van der Waals surface area (Å²) in [6.45, 7) is 2.82. The van der Waals surface area contributed by atoms with Gasteiger partial charge in [-0.05, 0) is 30.0 Å². The van der Waals surface area contributed by atoms with E-state index in [1.807, 2.05) is 24.4 Å². The molecule has 0 spiro atoms. The molecule has 0 aliphatic heterocycles. The summed E-state index contributed by atoms with van der Waals surface area (Å²) in [6, 6.07) is 8.95. The highest BCUT2D eigenvalue weighted by molar-refractivity contribution is 7.13. The Morgan fingerprint density at radius 1 is 1.19 bits per heavy atom. The number of amides is 1. The van der Waals surface area contributed by atoms with Gasteiger partial charge in [0.1, 0.15) is 11.5 Å². The first-order chi connectivity index (χ1) is 13.1. The van der Waals surface area contributed by atoms with Crippen molar-refractivity contribution in [2.24, 2.45) is 0 Å². The number of hydrogen-bond acceptors (Lipinski definition) is 7. The zero-order chi connectivity index (χ0) is 19.2. The number of thiophene rings is 1. The van der Waals surface area contributed by atoms with E-state index in [0.29, 0.717) is 35.4 Å². The molecule has 0 saturated carbocycles. The van der Waals surface area contributed by atoms with Gasteiger partial charge in [-0.1, -0.05) is 13.0 Å². The van der Waals surface area contributed by atoms with Crippen LogP contribution in [0.5, 0.6) is 11.5 Å². The van der Waals surface area contributed by atoms with E-state index in [2.05, 4.69) is 10.2 Å². The van der Waals surface area contributed by atoms with Crippen molar-refractivity contribution in [3.05, 3.63) is 47.2 Å². The second-order valence-electron chi connectivity index (χ2n) is 5.81. The average molecular weight is 387 g/mol. The largest absolute Gasteiger partial charge is 0.497 e. The predicted molar refractivity (Wildman–Crippen MR) is 102 cm³/mol. The van der Waals surface area contributed by atoms with Gasteiger partial charge in [-0.15, -0.1) is 21.5 Å². The summed E-state index contributed by atoms with van der Waals surface area (Å²) in [5.74, 6) is 1.84. The number of aromatic nitrogens is 2. The molecule has 8 heteroatoms. The van der Waals surface area contributed by atoms with E-state index in [9.17, 15) is 4.79 Å². The zero-order valence-electron chi connectivity index (χ0n) is 15.5. The van der Waals surface area contributed by atoms with Crippen molar-refractivity contribution in [1.29, 1.82) is 0 Å². The van der Waals surface area contributed by atoms with Gasteiger partial charge in [0.15, 0.2) is 0 Å². The monoisotopic (exact) mass is 387 g/mol. The summed E-state index contributed by atoms with van der Waals surface area (Å²) in [5, 5.41) is 10.1. The molecule has 7 nitrogen and oxygen atoms in total. The summed E-state index contributed by atoms with van der Waals surface area (Å²) >= 11 is 1.53. The van der Waals surface area contributed by atoms with Crippen molar-refractivity contribution in [1.82, 2.24) is 15.1 Å². The topological polar surface area (TPSA) is 77.7 Å². The molecule has 27 heavy (non-hydrogen) atoms. The van der Waals surface area contributed by atoms with Crippen molar-refractivity contribution in [3.8, 4) is 22.3 Å². The summed E-state index contributed by atoms with van der Waals surface area (Å²) in [6.07, 6.45) is 0.804. The van der Waals surface area contributed by atoms with Crippen LogP contribution in [0.3, 0.4) is 0 Å². The van der Waals surface area contributed by atoms with Crippen LogP contribution in [0.25, 0.3) is 10.8 Å². The van der Waals surface area contributed by atoms with Crippen LogP contribution < -0.4 is 9.47 Å². The maximum absolute atomic E-state index is 13.0. The predicted octanol–water partition coefficient (Wildman–Crippen LogP) is 3.87. The molecule has 0 atom stereocenters. The van der Waals surface area contributed by atoms with Gasteiger partial charge in [0.2, 0.25) is 5.89 Å². The van der Waals surface area contributed by atoms with E-state index in [-0.39, 0.29) is 12.5 Å². The first-order valence-corrected chi connectivity index (χ1v) is 9.41. The van der Waals surface area contributed by atoms with Gasteiger partial charge >= 0.3 is 0 Å². The highest BCUT2D eigenvalue weighted by Gasteiger charge is 2.20. The first-order valence-electron chi connectivity index (χ1n) is 8.53. The average Bonchev–Trinajstić information content (AvgIpc) is 3.38. The number of carbonyl (C=O) groups is 1. The van der Waals surface area contributed by atoms with E-state index in [4.69, 9.17) is 13.9 Å². The Balaban J connectivity index is 1.82. The van der Waals surface area contributed by atoms with Crippen molar-refractivity contribution >= 4 is 17.2 Å². The minimum atomic E-state index is -0.148. The molecule has 1 amide bonds. The summed E-state index contributed by atoms with van der Waals surface area (Å²) < 4.78 is 16.2. The van der Waals surface area contributed by atoms with Crippen molar-refractivity contribution in [3.63, 3.8) is 0 Å². The lowest BCUT2D eigenvalue weighted by atomic mass is 10.1. The number of rotatable bonds is 8. The molecule has 2 aromatic heterocycles. The Hall–Kier alpha value is -2.87. The van der Waals surface area contributed by atoms with Crippen molar-refractivity contribution in [2.45, 2.75) is 19.9 Å². The van der Waals surface area contributed by atoms with Gasteiger partial charge in [0.05, 0.1) is 25.6 Å². The highest BCUT2D eigenvalue weighted by Crippen LogP contribution is 2.25. The SMILES string of the molecule is CCCN(Cc1nnc(-c2cccs2)o1)C(=O)c1cc(OC)cc(OC)c1. The fraction of sp³-hybridized carbons (Fsp3) is 0.316. The van der Waals surface area contributed by atoms with Crippen LogP contribution in [-0.4, -0.2) is 41.8 Å². The highest BCUT2D eigenvalue weighted by atomic mass is 32.1. The fourth-order valence-electron chi connectivity index (χ4n) is 2.62. The Morgan fingerprint density at radius 3 is 2.52 bits per heavy atom. The van der Waals surface area contributed by atoms with Crippen LogP contribution in [0, 0.1) is 0 Å². The number of nitrogens with zero attached hydrogens (tertiary/aromatic N) is 3. The first kappa shape index (κ1) is 18.9. The van der Waals surface area contributed by atoms with Crippen molar-refractivity contribution < 1.29 is 18.7 Å². The lowest BCUT2D eigenvalue weighted by molar-refractivity contribution is 0.0728. The molecule has 0 saturated heterocycles. The number of hydrogen-bond donors (Lipinski definition) is 0. The van der Waals surface area contributed by atoms with Crippen LogP contribution in [0.2, 0.25) is 0 Å². The quantitative estimate of drug-likeness (QED) is 0.584. The maximum atomic E-state index is 13.0. The van der Waals surface area contributed by atoms with Crippen LogP contribution in [0.1, 0.15) is 29.6 Å². The van der Waals surface area contributed by atoms with Gasteiger partial charge in [0, 0.05) is 18.2 Å². The maximum Gasteiger partial charge on any atom is 0.257 e. The molecule has 0 aliphatic rings. The van der Waals surface area contributed by atoms with Crippen LogP contribution in [0.4, 0.5) is 0 Å². The standard InChI is InChI=1S/C19H21N3O4S/c1-4-7-22(12-17-20-21-18(26-17)16-6-5-8-27-16)19(23)13-9-14(24-2)11-15(10-13)25-3/h5-6,8-11H,4,7,12H2,1-3H3. The third kappa shape index (κ3) is 4.46. The van der Waals surface area contributed by atoms with Gasteiger partial charge in [-0.3, -0.25) is 4.79 Å². The molecule has 142 valence electrons. The van der Waals surface area contributed by atoms with Gasteiger partial charge < -0.3 is 18.8 Å². The molecule has 0 radical (unpaired) electrons. The molecule has 0 N–H and O–H groups in total. The Labute approximate surface area is 161 Å². The van der Waals surface area contributed by atoms with Crippen LogP contribution in [0.15, 0.2) is 40.1 Å². The molecule has 2 heterocycles. The lowest BCUT2D eigenvalue weighted by Crippen LogP contribution is -2.31. The van der Waals surface area contributed by atoms with Crippen LogP contribution >= 0.6 is 11.3 Å².